The van der Waals surface area contributed by atoms with Crippen LogP contribution in [0.25, 0.3) is 11.4 Å². The Kier molecular flexibility index (Phi) is 5.55. The lowest BCUT2D eigenvalue weighted by Gasteiger charge is -2.29. The Morgan fingerprint density at radius 1 is 1.21 bits per heavy atom. The molecule has 7 nitrogen and oxygen atoms in total. The van der Waals surface area contributed by atoms with Crippen molar-refractivity contribution in [3.05, 3.63) is 41.0 Å². The van der Waals surface area contributed by atoms with Crippen molar-refractivity contribution in [3.8, 4) is 11.4 Å². The second kappa shape index (κ2) is 7.98. The van der Waals surface area contributed by atoms with Crippen LogP contribution in [0.3, 0.4) is 0 Å². The first-order valence-electron chi connectivity index (χ1n) is 10.1. The molecule has 0 saturated carbocycles. The zero-order chi connectivity index (χ0) is 24.1. The van der Waals surface area contributed by atoms with E-state index in [0.717, 1.165) is 29.3 Å². The molecule has 1 N–H and O–H groups in total. The number of hydrogen-bond acceptors (Lipinski definition) is 7. The van der Waals surface area contributed by atoms with Gasteiger partial charge in [0, 0.05) is 38.1 Å². The van der Waals surface area contributed by atoms with Gasteiger partial charge < -0.3 is 15.1 Å². The van der Waals surface area contributed by atoms with Gasteiger partial charge in [-0.25, -0.2) is 9.97 Å². The fourth-order valence-electron chi connectivity index (χ4n) is 3.66. The van der Waals surface area contributed by atoms with E-state index in [2.05, 4.69) is 39.0 Å². The van der Waals surface area contributed by atoms with Gasteiger partial charge >= 0.3 is 6.18 Å². The van der Waals surface area contributed by atoms with Crippen molar-refractivity contribution in [1.82, 2.24) is 15.0 Å². The third kappa shape index (κ3) is 4.37. The third-order valence-corrected chi connectivity index (χ3v) is 6.64. The normalized spacial score (nSPS) is 14.8. The summed E-state index contributed by atoms with van der Waals surface area (Å²) in [6.45, 7) is 5.61. The van der Waals surface area contributed by atoms with Crippen molar-refractivity contribution in [2.45, 2.75) is 38.9 Å². The lowest BCUT2D eigenvalue weighted by molar-refractivity contribution is -0.137. The van der Waals surface area contributed by atoms with Gasteiger partial charge in [0.1, 0.15) is 5.69 Å². The van der Waals surface area contributed by atoms with Gasteiger partial charge in [0.2, 0.25) is 5.91 Å². The number of amides is 1. The molecule has 33 heavy (non-hydrogen) atoms. The van der Waals surface area contributed by atoms with Gasteiger partial charge in [-0.1, -0.05) is 0 Å². The van der Waals surface area contributed by atoms with Gasteiger partial charge in [0.25, 0.3) is 0 Å². The monoisotopic (exact) mass is 476 g/mol. The van der Waals surface area contributed by atoms with E-state index in [0.29, 0.717) is 16.5 Å². The molecular weight excluding hydrogens is 453 g/mol. The first kappa shape index (κ1) is 23.0. The summed E-state index contributed by atoms with van der Waals surface area (Å²) in [5.74, 6) is -0.318. The van der Waals surface area contributed by atoms with Crippen LogP contribution in [0.1, 0.15) is 31.9 Å². The topological polar surface area (TPSA) is 74.2 Å². The summed E-state index contributed by atoms with van der Waals surface area (Å²) in [7, 11) is 3.44. The summed E-state index contributed by atoms with van der Waals surface area (Å²) in [5.41, 5.74) is 2.70. The van der Waals surface area contributed by atoms with E-state index >= 15 is 0 Å². The molecule has 174 valence electrons. The highest BCUT2D eigenvalue weighted by molar-refractivity contribution is 7.14. The number of carbonyl (C=O) groups is 1. The van der Waals surface area contributed by atoms with Crippen molar-refractivity contribution >= 4 is 39.6 Å². The number of halogens is 3. The summed E-state index contributed by atoms with van der Waals surface area (Å²) in [6, 6.07) is 2.91. The number of anilines is 4. The maximum absolute atomic E-state index is 13.2. The third-order valence-electron chi connectivity index (χ3n) is 5.88. The highest BCUT2D eigenvalue weighted by Crippen LogP contribution is 2.39. The molecule has 0 fully saturated rings. The molecule has 4 heterocycles. The average molecular weight is 477 g/mol. The Balaban J connectivity index is 1.63. The predicted molar refractivity (Wildman–Crippen MR) is 123 cm³/mol. The lowest BCUT2D eigenvalue weighted by Crippen LogP contribution is -2.37. The zero-order valence-corrected chi connectivity index (χ0v) is 19.6. The van der Waals surface area contributed by atoms with Gasteiger partial charge in [-0.2, -0.15) is 13.2 Å². The molecule has 11 heteroatoms. The molecule has 0 saturated heterocycles. The number of nitrogens with zero attached hydrogens (tertiary/aromatic N) is 5. The van der Waals surface area contributed by atoms with E-state index < -0.39 is 17.6 Å². The molecule has 0 bridgehead atoms. The van der Waals surface area contributed by atoms with Crippen molar-refractivity contribution in [2.75, 3.05) is 29.2 Å². The Hall–Kier alpha value is -3.21. The molecular formula is C22H23F3N6OS. The van der Waals surface area contributed by atoms with E-state index in [4.69, 9.17) is 0 Å². The number of rotatable bonds is 4. The second-order valence-corrected chi connectivity index (χ2v) is 9.44. The fourth-order valence-corrected chi connectivity index (χ4v) is 4.37. The molecule has 0 spiro atoms. The predicted octanol–water partition coefficient (Wildman–Crippen LogP) is 5.12. The quantitative estimate of drug-likeness (QED) is 0.564. The van der Waals surface area contributed by atoms with Crippen LogP contribution in [0, 0.1) is 0 Å². The molecule has 0 atom stereocenters. The highest BCUT2D eigenvalue weighted by Gasteiger charge is 2.34. The molecule has 3 aromatic rings. The van der Waals surface area contributed by atoms with Crippen LogP contribution in [0.2, 0.25) is 0 Å². The Morgan fingerprint density at radius 3 is 2.61 bits per heavy atom. The number of likely N-dealkylation sites (N-methyl/N-ethyl adjacent to an activating group) is 1. The number of aromatic nitrogens is 3. The van der Waals surface area contributed by atoms with E-state index in [1.165, 1.54) is 30.9 Å². The Bertz CT molecular complexity index is 1220. The Labute approximate surface area is 193 Å². The second-order valence-electron chi connectivity index (χ2n) is 8.58. The number of pyridine rings is 2. The van der Waals surface area contributed by atoms with Gasteiger partial charge in [-0.3, -0.25) is 9.78 Å². The number of nitrogens with one attached hydrogen (secondary N) is 1. The van der Waals surface area contributed by atoms with Gasteiger partial charge in [-0.15, -0.1) is 11.3 Å². The highest BCUT2D eigenvalue weighted by atomic mass is 32.1. The van der Waals surface area contributed by atoms with Crippen molar-refractivity contribution in [3.63, 3.8) is 0 Å². The van der Waals surface area contributed by atoms with Crippen LogP contribution < -0.4 is 15.1 Å². The summed E-state index contributed by atoms with van der Waals surface area (Å²) in [6.07, 6.45) is -1.12. The summed E-state index contributed by atoms with van der Waals surface area (Å²) < 4.78 is 39.5. The molecule has 1 aliphatic heterocycles. The maximum atomic E-state index is 13.2. The minimum Gasteiger partial charge on any atom is -0.368 e. The van der Waals surface area contributed by atoms with Gasteiger partial charge in [0.15, 0.2) is 10.9 Å². The van der Waals surface area contributed by atoms with E-state index in [-0.39, 0.29) is 17.0 Å². The standard InChI is InChI=1S/C22H23F3N6OS/c1-12(32)30(4)17-7-14(22(23,24)25)9-27-19(17)29-20-28-16(11-33-20)15-6-13-8-21(2,3)31(5)18(13)10-26-15/h6-7,9-11H,8H2,1-5H3,(H,27,28,29). The molecule has 0 aliphatic carbocycles. The Morgan fingerprint density at radius 2 is 1.94 bits per heavy atom. The lowest BCUT2D eigenvalue weighted by atomic mass is 9.99. The van der Waals surface area contributed by atoms with Crippen LogP contribution in [0.15, 0.2) is 29.9 Å². The fraction of sp³-hybridized carbons (Fsp3) is 0.364. The molecule has 3 aromatic heterocycles. The minimum absolute atomic E-state index is 0.00478. The summed E-state index contributed by atoms with van der Waals surface area (Å²) in [5, 5.41) is 5.19. The SMILES string of the molecule is CC(=O)N(C)c1cc(C(F)(F)F)cnc1Nc1nc(-c2cc3c(cn2)N(C)C(C)(C)C3)cs1. The summed E-state index contributed by atoms with van der Waals surface area (Å²) in [4.78, 5) is 28.1. The summed E-state index contributed by atoms with van der Waals surface area (Å²) >= 11 is 1.27. The zero-order valence-electron chi connectivity index (χ0n) is 18.8. The number of thiazole rings is 1. The van der Waals surface area contributed by atoms with E-state index in [1.54, 1.807) is 0 Å². The van der Waals surface area contributed by atoms with Crippen LogP contribution in [0.5, 0.6) is 0 Å². The molecule has 0 unspecified atom stereocenters. The van der Waals surface area contributed by atoms with Crippen LogP contribution >= 0.6 is 11.3 Å². The minimum atomic E-state index is -4.58. The number of hydrogen-bond donors (Lipinski definition) is 1. The number of carbonyl (C=O) groups excluding carboxylic acids is 1. The van der Waals surface area contributed by atoms with E-state index in [9.17, 15) is 18.0 Å². The molecule has 1 amide bonds. The van der Waals surface area contributed by atoms with Crippen molar-refractivity contribution < 1.29 is 18.0 Å². The number of alkyl halides is 3. The van der Waals surface area contributed by atoms with Gasteiger partial charge in [-0.05, 0) is 38.0 Å². The molecule has 0 aromatic carbocycles. The molecule has 4 rings (SSSR count). The maximum Gasteiger partial charge on any atom is 0.417 e. The average Bonchev–Trinajstić information content (AvgIpc) is 3.28. The van der Waals surface area contributed by atoms with E-state index in [1.807, 2.05) is 24.7 Å². The first-order valence-corrected chi connectivity index (χ1v) is 11.0. The van der Waals surface area contributed by atoms with Gasteiger partial charge in [0.05, 0.1) is 28.8 Å². The largest absolute Gasteiger partial charge is 0.417 e. The number of fused-ring (bicyclic) bond motifs is 1. The first-order chi connectivity index (χ1) is 15.4. The van der Waals surface area contributed by atoms with Crippen LogP contribution in [0.4, 0.5) is 35.5 Å². The van der Waals surface area contributed by atoms with Crippen LogP contribution in [-0.4, -0.2) is 40.5 Å². The van der Waals surface area contributed by atoms with Crippen LogP contribution in [-0.2, 0) is 17.4 Å². The van der Waals surface area contributed by atoms with Crippen molar-refractivity contribution in [2.24, 2.45) is 0 Å². The molecule has 1 aliphatic rings. The molecule has 0 radical (unpaired) electrons. The smallest absolute Gasteiger partial charge is 0.368 e. The van der Waals surface area contributed by atoms with Crippen molar-refractivity contribution in [1.29, 1.82) is 0 Å².